The Bertz CT molecular complexity index is 2580. The number of Topliss-reactive ketones (excluding diaryl/α,β-unsaturated/α-hetero) is 1. The maximum Gasteiger partial charge on any atom is 0.341 e. The Morgan fingerprint density at radius 3 is 2.04 bits per heavy atom. The van der Waals surface area contributed by atoms with Crippen molar-refractivity contribution in [2.75, 3.05) is 5.32 Å². The number of halogens is 4. The zero-order valence-electron chi connectivity index (χ0n) is 28.7. The van der Waals surface area contributed by atoms with E-state index in [2.05, 4.69) is 30.4 Å². The summed E-state index contributed by atoms with van der Waals surface area (Å²) in [5.41, 5.74) is 0.362. The summed E-state index contributed by atoms with van der Waals surface area (Å²) < 4.78 is 68.8. The van der Waals surface area contributed by atoms with Gasteiger partial charge in [-0.3, -0.25) is 9.59 Å². The van der Waals surface area contributed by atoms with Crippen LogP contribution in [0.4, 0.5) is 23.2 Å². The quantitative estimate of drug-likeness (QED) is 0.114. The molecule has 4 aromatic heterocycles. The second-order valence-corrected chi connectivity index (χ2v) is 11.7. The number of aromatic carboxylic acids is 1. The van der Waals surface area contributed by atoms with Crippen LogP contribution < -0.4 is 5.32 Å². The van der Waals surface area contributed by atoms with E-state index in [4.69, 9.17) is 13.9 Å². The van der Waals surface area contributed by atoms with E-state index in [1.807, 2.05) is 30.3 Å². The largest absolute Gasteiger partial charge is 0.477 e. The second-order valence-electron chi connectivity index (χ2n) is 11.7. The third kappa shape index (κ3) is 8.14. The summed E-state index contributed by atoms with van der Waals surface area (Å²) in [5.74, 6) is -6.86. The molecule has 0 aliphatic heterocycles. The number of nitrogens with zero attached hydrogens (tertiary/aromatic N) is 6. The third-order valence-corrected chi connectivity index (χ3v) is 7.87. The number of carbonyl (C=O) groups is 3. The molecule has 0 saturated heterocycles. The molecule has 3 aromatic carbocycles. The number of oxazole rings is 2. The minimum absolute atomic E-state index is 0. The highest BCUT2D eigenvalue weighted by Crippen LogP contribution is 2.30. The van der Waals surface area contributed by atoms with Crippen molar-refractivity contribution in [3.05, 3.63) is 136 Å². The lowest BCUT2D eigenvalue weighted by Crippen LogP contribution is -2.14. The highest BCUT2D eigenvalue weighted by atomic mass is 19.1. The van der Waals surface area contributed by atoms with Crippen LogP contribution in [0.15, 0.2) is 75.8 Å². The lowest BCUT2D eigenvalue weighted by Gasteiger charge is -2.08. The summed E-state index contributed by atoms with van der Waals surface area (Å²) in [5, 5.41) is 15.4. The summed E-state index contributed by atoms with van der Waals surface area (Å²) >= 11 is 0. The van der Waals surface area contributed by atoms with E-state index in [1.54, 1.807) is 40.1 Å². The van der Waals surface area contributed by atoms with Gasteiger partial charge in [0.15, 0.2) is 29.2 Å². The fourth-order valence-electron chi connectivity index (χ4n) is 5.41. The Morgan fingerprint density at radius 2 is 1.42 bits per heavy atom. The van der Waals surface area contributed by atoms with Gasteiger partial charge in [0.1, 0.15) is 23.0 Å². The monoisotopic (exact) mass is 757 g/mol. The summed E-state index contributed by atoms with van der Waals surface area (Å²) in [7, 11) is 0. The first-order chi connectivity index (χ1) is 25.7. The number of ketones is 1. The number of carboxylic acid groups (broad SMARTS) is 1. The van der Waals surface area contributed by atoms with E-state index in [0.29, 0.717) is 23.2 Å². The van der Waals surface area contributed by atoms with E-state index in [-0.39, 0.29) is 41.8 Å². The number of aromatic nitrogens is 6. The molecule has 17 heteroatoms. The summed E-state index contributed by atoms with van der Waals surface area (Å²) in [4.78, 5) is 51.7. The first-order valence-corrected chi connectivity index (χ1v) is 15.9. The number of nitrogens with one attached hydrogen (secondary N) is 1. The number of fused-ring (bicyclic) bond motifs is 1. The van der Waals surface area contributed by atoms with Crippen LogP contribution in [0, 0.1) is 51.0 Å². The molecule has 4 heterocycles. The zero-order chi connectivity index (χ0) is 38.8. The van der Waals surface area contributed by atoms with Crippen molar-refractivity contribution >= 4 is 29.1 Å². The van der Waals surface area contributed by atoms with Gasteiger partial charge >= 0.3 is 5.97 Å². The molecule has 282 valence electrons. The number of rotatable bonds is 8. The molecular weight excluding hydrogens is 726 g/mol. The van der Waals surface area contributed by atoms with E-state index < -0.39 is 58.5 Å². The SMILES string of the molecule is C.Cc1nc(C)c(C(=O)Cc2ccc(F)c(C(=O)O)c2F)o1.Cc1nc(C)c(C(=O)Nc2ccc(F)c(-c3nc4ncc(-c5ccccc5)cn4n3)c2F)o1. The fourth-order valence-corrected chi connectivity index (χ4v) is 5.41. The molecule has 0 unspecified atom stereocenters. The van der Waals surface area contributed by atoms with Gasteiger partial charge in [-0.15, -0.1) is 5.10 Å². The summed E-state index contributed by atoms with van der Waals surface area (Å²) in [6.45, 7) is 6.31. The lowest BCUT2D eigenvalue weighted by molar-refractivity contribution is 0.0685. The number of hydrogen-bond acceptors (Lipinski definition) is 10. The Morgan fingerprint density at radius 1 is 0.782 bits per heavy atom. The molecule has 0 saturated carbocycles. The van der Waals surface area contributed by atoms with Gasteiger partial charge in [-0.05, 0) is 43.2 Å². The standard InChI is InChI=1S/C23H16F2N6O2.C14H11F2NO4.CH4/c1-12-20(33-13(2)27-12)22(32)28-17-9-8-16(24)18(19(17)25)21-29-23-26-10-15(11-31(23)30-21)14-6-4-3-5-7-14;1-6-13(21-7(2)17-6)10(18)5-8-3-4-9(15)11(12(8)16)14(19)20;/h3-11H,1-2H3,(H,28,32);3-4H,5H2,1-2H3,(H,19,20);1H4. The van der Waals surface area contributed by atoms with Crippen LogP contribution >= 0.6 is 0 Å². The Hall–Kier alpha value is -7.04. The highest BCUT2D eigenvalue weighted by molar-refractivity contribution is 6.03. The normalized spacial score (nSPS) is 10.8. The summed E-state index contributed by atoms with van der Waals surface area (Å²) in [6.07, 6.45) is 2.83. The Labute approximate surface area is 309 Å². The molecule has 0 fully saturated rings. The molecule has 0 radical (unpaired) electrons. The Balaban J connectivity index is 0.000000229. The number of aryl methyl sites for hydroxylation is 4. The van der Waals surface area contributed by atoms with Gasteiger partial charge in [0, 0.05) is 38.2 Å². The number of carboxylic acids is 1. The van der Waals surface area contributed by atoms with Crippen LogP contribution in [0.2, 0.25) is 0 Å². The van der Waals surface area contributed by atoms with Gasteiger partial charge in [-0.1, -0.05) is 43.8 Å². The molecule has 0 aliphatic carbocycles. The van der Waals surface area contributed by atoms with Crippen LogP contribution in [0.25, 0.3) is 28.3 Å². The van der Waals surface area contributed by atoms with Gasteiger partial charge in [0.25, 0.3) is 11.7 Å². The van der Waals surface area contributed by atoms with Crippen molar-refractivity contribution in [2.24, 2.45) is 0 Å². The number of anilines is 1. The maximum atomic E-state index is 15.3. The van der Waals surface area contributed by atoms with E-state index in [9.17, 15) is 27.6 Å². The van der Waals surface area contributed by atoms with Gasteiger partial charge in [-0.2, -0.15) is 4.98 Å². The fraction of sp³-hybridized carbons (Fsp3) is 0.158. The van der Waals surface area contributed by atoms with Crippen molar-refractivity contribution in [1.82, 2.24) is 29.5 Å². The molecule has 0 aliphatic rings. The van der Waals surface area contributed by atoms with Crippen molar-refractivity contribution < 1.29 is 45.9 Å². The number of hydrogen-bond donors (Lipinski definition) is 2. The van der Waals surface area contributed by atoms with E-state index in [0.717, 1.165) is 35.4 Å². The van der Waals surface area contributed by atoms with Crippen LogP contribution in [-0.2, 0) is 6.42 Å². The maximum absolute atomic E-state index is 15.3. The number of carbonyl (C=O) groups excluding carboxylic acids is 2. The Kier molecular flexibility index (Phi) is 11.3. The van der Waals surface area contributed by atoms with Crippen LogP contribution in [0.1, 0.15) is 67.6 Å². The van der Waals surface area contributed by atoms with Gasteiger partial charge in [-0.25, -0.2) is 41.8 Å². The van der Waals surface area contributed by atoms with Crippen LogP contribution in [0.3, 0.4) is 0 Å². The molecule has 13 nitrogen and oxygen atoms in total. The molecule has 0 spiro atoms. The van der Waals surface area contributed by atoms with Crippen molar-refractivity contribution in [3.8, 4) is 22.5 Å². The number of amides is 1. The zero-order valence-corrected chi connectivity index (χ0v) is 28.7. The topological polar surface area (TPSA) is 179 Å². The third-order valence-electron chi connectivity index (χ3n) is 7.87. The summed E-state index contributed by atoms with van der Waals surface area (Å²) in [6, 6.07) is 13.5. The predicted octanol–water partition coefficient (Wildman–Crippen LogP) is 7.92. The van der Waals surface area contributed by atoms with E-state index >= 15 is 4.39 Å². The van der Waals surface area contributed by atoms with Crippen molar-refractivity contribution in [2.45, 2.75) is 41.5 Å². The van der Waals surface area contributed by atoms with Crippen LogP contribution in [0.5, 0.6) is 0 Å². The minimum Gasteiger partial charge on any atom is -0.477 e. The lowest BCUT2D eigenvalue weighted by atomic mass is 10.0. The minimum atomic E-state index is -1.73. The number of benzene rings is 3. The molecule has 7 rings (SSSR count). The smallest absolute Gasteiger partial charge is 0.341 e. The second kappa shape index (κ2) is 15.9. The molecule has 2 N–H and O–H groups in total. The molecule has 7 aromatic rings. The van der Waals surface area contributed by atoms with Crippen molar-refractivity contribution in [3.63, 3.8) is 0 Å². The first-order valence-electron chi connectivity index (χ1n) is 15.9. The van der Waals surface area contributed by atoms with E-state index in [1.165, 1.54) is 4.52 Å². The van der Waals surface area contributed by atoms with Gasteiger partial charge < -0.3 is 19.3 Å². The molecule has 55 heavy (non-hydrogen) atoms. The van der Waals surface area contributed by atoms with Crippen molar-refractivity contribution in [1.29, 1.82) is 0 Å². The van der Waals surface area contributed by atoms with Gasteiger partial charge in [0.2, 0.25) is 11.5 Å². The van der Waals surface area contributed by atoms with Gasteiger partial charge in [0.05, 0.1) is 22.6 Å². The average Bonchev–Trinajstić information content (AvgIpc) is 3.82. The molecule has 0 atom stereocenters. The molecule has 1 amide bonds. The first kappa shape index (κ1) is 39.2. The average molecular weight is 758 g/mol. The molecular formula is C38H31F4N7O6. The predicted molar refractivity (Wildman–Crippen MR) is 190 cm³/mol. The molecule has 0 bridgehead atoms. The van der Waals surface area contributed by atoms with Crippen LogP contribution in [-0.4, -0.2) is 52.3 Å². The highest BCUT2D eigenvalue weighted by Gasteiger charge is 2.25.